The standard InChI is InChI=1S/C20H27N4O/c1-2-3-6-16(13-17-10-11-22-23-17)14-20(25)21-15-19-9-5-12-24(19)18-7-4-8-18/h2-3,6,10-11,13-14,18-19H,1,4-5,7-9,12,15H2,(H,21,25)(H,22,23). The fraction of sp³-hybridized carbons (Fsp3) is 0.450. The normalized spacial score (nSPS) is 22.2. The molecule has 133 valence electrons. The fourth-order valence-corrected chi connectivity index (χ4v) is 3.54. The summed E-state index contributed by atoms with van der Waals surface area (Å²) in [6.45, 7) is 5.59. The molecule has 0 spiro atoms. The summed E-state index contributed by atoms with van der Waals surface area (Å²) < 4.78 is 0. The van der Waals surface area contributed by atoms with E-state index in [9.17, 15) is 4.79 Å². The van der Waals surface area contributed by atoms with Crippen molar-refractivity contribution in [3.8, 4) is 0 Å². The summed E-state index contributed by atoms with van der Waals surface area (Å²) in [5, 5.41) is 9.96. The van der Waals surface area contributed by atoms with E-state index in [4.69, 9.17) is 0 Å². The first kappa shape index (κ1) is 17.7. The summed E-state index contributed by atoms with van der Waals surface area (Å²) in [6.07, 6.45) is 17.0. The largest absolute Gasteiger partial charge is 0.351 e. The molecule has 1 aliphatic carbocycles. The number of H-pyrrole nitrogens is 1. The Morgan fingerprint density at radius 2 is 2.28 bits per heavy atom. The highest BCUT2D eigenvalue weighted by Gasteiger charge is 2.33. The van der Waals surface area contributed by atoms with E-state index in [2.05, 4.69) is 27.0 Å². The van der Waals surface area contributed by atoms with Gasteiger partial charge in [-0.2, -0.15) is 5.10 Å². The molecular formula is C20H27N4O. The SMILES string of the molecule is C=CC=CC([CH]c1cc[nH]n1)=CC(=O)NCC1CCCN1C1CCC1. The molecule has 1 unspecified atom stereocenters. The molecule has 5 nitrogen and oxygen atoms in total. The Balaban J connectivity index is 1.55. The van der Waals surface area contributed by atoms with Gasteiger partial charge in [-0.1, -0.05) is 31.2 Å². The molecule has 0 bridgehead atoms. The second kappa shape index (κ2) is 8.81. The number of amides is 1. The highest BCUT2D eigenvalue weighted by molar-refractivity contribution is 5.89. The number of rotatable bonds is 8. The van der Waals surface area contributed by atoms with Crippen molar-refractivity contribution in [1.82, 2.24) is 20.4 Å². The van der Waals surface area contributed by atoms with E-state index in [0.29, 0.717) is 6.04 Å². The third-order valence-corrected chi connectivity index (χ3v) is 5.04. The molecule has 1 saturated carbocycles. The van der Waals surface area contributed by atoms with Crippen LogP contribution in [0, 0.1) is 6.42 Å². The Morgan fingerprint density at radius 1 is 1.40 bits per heavy atom. The highest BCUT2D eigenvalue weighted by Crippen LogP contribution is 2.30. The number of hydrogen-bond donors (Lipinski definition) is 2. The second-order valence-electron chi connectivity index (χ2n) is 6.75. The van der Waals surface area contributed by atoms with E-state index in [1.165, 1.54) is 38.6 Å². The lowest BCUT2D eigenvalue weighted by molar-refractivity contribution is -0.116. The van der Waals surface area contributed by atoms with Crippen LogP contribution in [-0.2, 0) is 4.79 Å². The summed E-state index contributed by atoms with van der Waals surface area (Å²) in [7, 11) is 0. The summed E-state index contributed by atoms with van der Waals surface area (Å²) in [5.74, 6) is -0.0593. The van der Waals surface area contributed by atoms with Gasteiger partial charge >= 0.3 is 0 Å². The average molecular weight is 339 g/mol. The number of nitrogens with one attached hydrogen (secondary N) is 2. The molecule has 2 N–H and O–H groups in total. The van der Waals surface area contributed by atoms with E-state index < -0.39 is 0 Å². The van der Waals surface area contributed by atoms with Crippen molar-refractivity contribution in [3.05, 3.63) is 60.8 Å². The van der Waals surface area contributed by atoms with E-state index in [0.717, 1.165) is 23.9 Å². The predicted molar refractivity (Wildman–Crippen MR) is 99.8 cm³/mol. The minimum Gasteiger partial charge on any atom is -0.351 e. The van der Waals surface area contributed by atoms with Crippen LogP contribution in [0.4, 0.5) is 0 Å². The van der Waals surface area contributed by atoms with Gasteiger partial charge in [0.1, 0.15) is 0 Å². The van der Waals surface area contributed by atoms with Gasteiger partial charge in [-0.05, 0) is 43.9 Å². The molecule has 1 aliphatic heterocycles. The Bertz CT molecular complexity index is 628. The van der Waals surface area contributed by atoms with Crippen molar-refractivity contribution >= 4 is 5.91 Å². The van der Waals surface area contributed by atoms with Gasteiger partial charge in [-0.3, -0.25) is 14.8 Å². The first-order valence-electron chi connectivity index (χ1n) is 9.15. The quantitative estimate of drug-likeness (QED) is 0.565. The molecule has 3 rings (SSSR count). The monoisotopic (exact) mass is 339 g/mol. The second-order valence-corrected chi connectivity index (χ2v) is 6.75. The Kier molecular flexibility index (Phi) is 6.23. The van der Waals surface area contributed by atoms with E-state index in [1.807, 2.05) is 24.6 Å². The van der Waals surface area contributed by atoms with Crippen LogP contribution in [0.3, 0.4) is 0 Å². The molecule has 1 atom stereocenters. The van der Waals surface area contributed by atoms with Crippen LogP contribution in [0.25, 0.3) is 0 Å². The van der Waals surface area contributed by atoms with Gasteiger partial charge in [0.25, 0.3) is 0 Å². The maximum Gasteiger partial charge on any atom is 0.244 e. The van der Waals surface area contributed by atoms with Gasteiger partial charge in [0.2, 0.25) is 5.91 Å². The summed E-state index contributed by atoms with van der Waals surface area (Å²) >= 11 is 0. The van der Waals surface area contributed by atoms with Gasteiger partial charge in [0, 0.05) is 37.3 Å². The van der Waals surface area contributed by atoms with Gasteiger partial charge in [-0.15, -0.1) is 0 Å². The maximum atomic E-state index is 12.3. The number of carbonyl (C=O) groups is 1. The zero-order valence-corrected chi connectivity index (χ0v) is 14.7. The van der Waals surface area contributed by atoms with Crippen molar-refractivity contribution in [2.75, 3.05) is 13.1 Å². The zero-order valence-electron chi connectivity index (χ0n) is 14.7. The molecule has 5 heteroatoms. The smallest absolute Gasteiger partial charge is 0.244 e. The van der Waals surface area contributed by atoms with E-state index >= 15 is 0 Å². The fourth-order valence-electron chi connectivity index (χ4n) is 3.54. The summed E-state index contributed by atoms with van der Waals surface area (Å²) in [4.78, 5) is 14.9. The molecule has 1 aromatic heterocycles. The number of likely N-dealkylation sites (tertiary alicyclic amines) is 1. The minimum atomic E-state index is -0.0593. The molecule has 0 aromatic carbocycles. The molecule has 1 amide bonds. The van der Waals surface area contributed by atoms with Crippen molar-refractivity contribution in [2.24, 2.45) is 0 Å². The van der Waals surface area contributed by atoms with Crippen LogP contribution in [-0.4, -0.2) is 46.2 Å². The van der Waals surface area contributed by atoms with Crippen molar-refractivity contribution in [2.45, 2.75) is 44.2 Å². The molecule has 1 aromatic rings. The van der Waals surface area contributed by atoms with Crippen LogP contribution in [0.5, 0.6) is 0 Å². The van der Waals surface area contributed by atoms with Crippen LogP contribution in [0.2, 0.25) is 0 Å². The Hall–Kier alpha value is -2.14. The number of allylic oxidation sites excluding steroid dienone is 4. The molecule has 2 aliphatic rings. The van der Waals surface area contributed by atoms with Gasteiger partial charge < -0.3 is 5.32 Å². The van der Waals surface area contributed by atoms with Gasteiger partial charge in [0.05, 0.1) is 5.69 Å². The highest BCUT2D eigenvalue weighted by atomic mass is 16.1. The topological polar surface area (TPSA) is 61.0 Å². The Morgan fingerprint density at radius 3 is 2.96 bits per heavy atom. The number of nitrogens with zero attached hydrogens (tertiary/aromatic N) is 2. The minimum absolute atomic E-state index is 0.0593. The van der Waals surface area contributed by atoms with Crippen molar-refractivity contribution < 1.29 is 4.79 Å². The van der Waals surface area contributed by atoms with E-state index in [-0.39, 0.29) is 5.91 Å². The molecule has 2 fully saturated rings. The number of aromatic amines is 1. The molecule has 1 radical (unpaired) electrons. The van der Waals surface area contributed by atoms with Crippen LogP contribution < -0.4 is 5.32 Å². The molecule has 25 heavy (non-hydrogen) atoms. The van der Waals surface area contributed by atoms with E-state index in [1.54, 1.807) is 18.3 Å². The number of aromatic nitrogens is 2. The molecule has 2 heterocycles. The van der Waals surface area contributed by atoms with Crippen LogP contribution >= 0.6 is 0 Å². The zero-order chi connectivity index (χ0) is 17.5. The summed E-state index contributed by atoms with van der Waals surface area (Å²) in [5.41, 5.74) is 1.59. The lowest BCUT2D eigenvalue weighted by Gasteiger charge is -2.38. The van der Waals surface area contributed by atoms with Crippen LogP contribution in [0.1, 0.15) is 37.8 Å². The maximum absolute atomic E-state index is 12.3. The first-order valence-corrected chi connectivity index (χ1v) is 9.15. The third kappa shape index (κ3) is 4.92. The average Bonchev–Trinajstić information content (AvgIpc) is 3.21. The van der Waals surface area contributed by atoms with Crippen molar-refractivity contribution in [3.63, 3.8) is 0 Å². The van der Waals surface area contributed by atoms with Crippen molar-refractivity contribution in [1.29, 1.82) is 0 Å². The number of hydrogen-bond acceptors (Lipinski definition) is 3. The summed E-state index contributed by atoms with van der Waals surface area (Å²) in [6, 6.07) is 3.10. The number of carbonyl (C=O) groups excluding carboxylic acids is 1. The lowest BCUT2D eigenvalue weighted by Crippen LogP contribution is -2.47. The lowest BCUT2D eigenvalue weighted by atomic mass is 9.91. The Labute approximate surface area is 149 Å². The predicted octanol–water partition coefficient (Wildman–Crippen LogP) is 2.76. The van der Waals surface area contributed by atoms with Gasteiger partial charge in [-0.25, -0.2) is 0 Å². The van der Waals surface area contributed by atoms with Crippen LogP contribution in [0.15, 0.2) is 48.7 Å². The van der Waals surface area contributed by atoms with Gasteiger partial charge in [0.15, 0.2) is 0 Å². The molecule has 1 saturated heterocycles. The first-order chi connectivity index (χ1) is 12.3. The molecular weight excluding hydrogens is 312 g/mol. The third-order valence-electron chi connectivity index (χ3n) is 5.04.